The summed E-state index contributed by atoms with van der Waals surface area (Å²) in [6.45, 7) is 4.09. The van der Waals surface area contributed by atoms with E-state index in [-0.39, 0.29) is 23.5 Å². The van der Waals surface area contributed by atoms with Gasteiger partial charge in [0, 0.05) is 24.8 Å². The van der Waals surface area contributed by atoms with Gasteiger partial charge in [-0.2, -0.15) is 0 Å². The Hall–Kier alpha value is -2.42. The second-order valence-corrected chi connectivity index (χ2v) is 8.26. The lowest BCUT2D eigenvalue weighted by molar-refractivity contribution is 0.0708. The van der Waals surface area contributed by atoms with Crippen LogP contribution in [-0.2, 0) is 9.84 Å². The third kappa shape index (κ3) is 3.98. The lowest BCUT2D eigenvalue weighted by atomic mass is 10.1. The molecule has 0 saturated carbocycles. The highest BCUT2D eigenvalue weighted by Gasteiger charge is 2.34. The molecular formula is C16H20N4O4S. The fourth-order valence-corrected chi connectivity index (χ4v) is 4.64. The number of hydrogen-bond donors (Lipinski definition) is 1. The van der Waals surface area contributed by atoms with Gasteiger partial charge in [-0.15, -0.1) is 0 Å². The maximum absolute atomic E-state index is 12.7. The summed E-state index contributed by atoms with van der Waals surface area (Å²) in [5.41, 5.74) is 0.424. The van der Waals surface area contributed by atoms with Crippen LogP contribution in [0.5, 0.6) is 0 Å². The van der Waals surface area contributed by atoms with Crippen molar-refractivity contribution in [2.45, 2.75) is 26.3 Å². The van der Waals surface area contributed by atoms with Crippen molar-refractivity contribution in [3.05, 3.63) is 35.7 Å². The number of pyridine rings is 1. The first-order chi connectivity index (χ1) is 11.9. The summed E-state index contributed by atoms with van der Waals surface area (Å²) < 4.78 is 28.3. The second-order valence-electron chi connectivity index (χ2n) is 6.03. The molecule has 3 rings (SSSR count). The molecule has 9 heteroatoms. The molecule has 8 nitrogen and oxygen atoms in total. The summed E-state index contributed by atoms with van der Waals surface area (Å²) in [5.74, 6) is 1.72. The number of hydrogen-bond acceptors (Lipinski definition) is 7. The monoisotopic (exact) mass is 364 g/mol. The van der Waals surface area contributed by atoms with Crippen molar-refractivity contribution >= 4 is 27.4 Å². The summed E-state index contributed by atoms with van der Waals surface area (Å²) in [4.78, 5) is 18.5. The minimum absolute atomic E-state index is 0.0329. The van der Waals surface area contributed by atoms with Gasteiger partial charge in [0.05, 0.1) is 17.1 Å². The molecule has 1 unspecified atom stereocenters. The zero-order chi connectivity index (χ0) is 18.0. The first-order valence-corrected chi connectivity index (χ1v) is 9.88. The topological polar surface area (TPSA) is 105 Å². The summed E-state index contributed by atoms with van der Waals surface area (Å²) in [6.07, 6.45) is 1.96. The number of sulfone groups is 1. The fourth-order valence-electron chi connectivity index (χ4n) is 2.91. The summed E-state index contributed by atoms with van der Waals surface area (Å²) in [6, 6.07) is 4.81. The van der Waals surface area contributed by atoms with Crippen LogP contribution in [0.25, 0.3) is 0 Å². The molecule has 0 radical (unpaired) electrons. The first kappa shape index (κ1) is 17.4. The van der Waals surface area contributed by atoms with Gasteiger partial charge in [0.25, 0.3) is 5.91 Å². The van der Waals surface area contributed by atoms with Crippen LogP contribution < -0.4 is 5.32 Å². The Labute approximate surface area is 146 Å². The van der Waals surface area contributed by atoms with Crippen LogP contribution in [0.3, 0.4) is 0 Å². The Kier molecular flexibility index (Phi) is 4.76. The van der Waals surface area contributed by atoms with Gasteiger partial charge in [-0.25, -0.2) is 13.4 Å². The SMILES string of the molecule is CCN(C(=O)c1ccc(Nc2cc(C)on2)nc1)C1CCS(=O)(=O)C1. The largest absolute Gasteiger partial charge is 0.360 e. The Balaban J connectivity index is 1.71. The Morgan fingerprint density at radius 3 is 2.72 bits per heavy atom. The maximum atomic E-state index is 12.7. The van der Waals surface area contributed by atoms with Crippen LogP contribution in [0.4, 0.5) is 11.6 Å². The highest BCUT2D eigenvalue weighted by Crippen LogP contribution is 2.20. The van der Waals surface area contributed by atoms with E-state index in [9.17, 15) is 13.2 Å². The number of carbonyl (C=O) groups excluding carboxylic acids is 1. The van der Waals surface area contributed by atoms with Crippen LogP contribution in [0, 0.1) is 6.92 Å². The molecule has 2 aromatic rings. The molecule has 0 aromatic carbocycles. The van der Waals surface area contributed by atoms with Crippen molar-refractivity contribution in [3.8, 4) is 0 Å². The number of nitrogens with one attached hydrogen (secondary N) is 1. The number of aryl methyl sites for hydroxylation is 1. The average Bonchev–Trinajstić information content (AvgIpc) is 3.14. The molecule has 1 saturated heterocycles. The molecule has 1 aliphatic rings. The standard InChI is InChI=1S/C16H20N4O4S/c1-3-20(13-6-7-25(22,23)10-13)16(21)12-4-5-14(17-9-12)18-15-8-11(2)24-19-15/h4-5,8-9,13H,3,6-7,10H2,1-2H3,(H,17,18,19). The molecule has 0 aliphatic carbocycles. The van der Waals surface area contributed by atoms with Crippen LogP contribution in [0.15, 0.2) is 28.9 Å². The molecule has 3 heterocycles. The first-order valence-electron chi connectivity index (χ1n) is 8.06. The van der Waals surface area contributed by atoms with Gasteiger partial charge in [0.2, 0.25) is 0 Å². The van der Waals surface area contributed by atoms with Gasteiger partial charge in [-0.3, -0.25) is 4.79 Å². The summed E-state index contributed by atoms with van der Waals surface area (Å²) in [5, 5.41) is 6.80. The van der Waals surface area contributed by atoms with Crippen LogP contribution in [0.1, 0.15) is 29.5 Å². The van der Waals surface area contributed by atoms with Crippen molar-refractivity contribution in [2.75, 3.05) is 23.4 Å². The summed E-state index contributed by atoms with van der Waals surface area (Å²) in [7, 11) is -3.04. The lowest BCUT2D eigenvalue weighted by Gasteiger charge is -2.26. The van der Waals surface area contributed by atoms with Gasteiger partial charge in [-0.05, 0) is 32.4 Å². The minimum Gasteiger partial charge on any atom is -0.360 e. The molecule has 1 N–H and O–H groups in total. The molecule has 1 fully saturated rings. The van der Waals surface area contributed by atoms with E-state index in [4.69, 9.17) is 4.52 Å². The Morgan fingerprint density at radius 2 is 2.20 bits per heavy atom. The van der Waals surface area contributed by atoms with E-state index in [2.05, 4.69) is 15.5 Å². The highest BCUT2D eigenvalue weighted by atomic mass is 32.2. The Bertz CT molecular complexity index is 861. The molecule has 2 aromatic heterocycles. The molecule has 1 atom stereocenters. The third-order valence-electron chi connectivity index (χ3n) is 4.15. The van der Waals surface area contributed by atoms with Crippen molar-refractivity contribution in [2.24, 2.45) is 0 Å². The molecule has 1 amide bonds. The molecule has 134 valence electrons. The van der Waals surface area contributed by atoms with Crippen LogP contribution in [0.2, 0.25) is 0 Å². The van der Waals surface area contributed by atoms with Crippen molar-refractivity contribution in [1.82, 2.24) is 15.0 Å². The zero-order valence-corrected chi connectivity index (χ0v) is 14.9. The normalized spacial score (nSPS) is 18.9. The number of aromatic nitrogens is 2. The average molecular weight is 364 g/mol. The van der Waals surface area contributed by atoms with Gasteiger partial charge in [0.15, 0.2) is 15.7 Å². The fraction of sp³-hybridized carbons (Fsp3) is 0.438. The molecular weight excluding hydrogens is 344 g/mol. The van der Waals surface area contributed by atoms with E-state index in [1.165, 1.54) is 6.20 Å². The Morgan fingerprint density at radius 1 is 1.40 bits per heavy atom. The highest BCUT2D eigenvalue weighted by molar-refractivity contribution is 7.91. The number of amides is 1. The van der Waals surface area contributed by atoms with E-state index < -0.39 is 9.84 Å². The molecule has 25 heavy (non-hydrogen) atoms. The van der Waals surface area contributed by atoms with Gasteiger partial charge in [-0.1, -0.05) is 5.16 Å². The van der Waals surface area contributed by atoms with Crippen molar-refractivity contribution in [3.63, 3.8) is 0 Å². The minimum atomic E-state index is -3.04. The second kappa shape index (κ2) is 6.83. The molecule has 0 spiro atoms. The predicted molar refractivity (Wildman–Crippen MR) is 92.5 cm³/mol. The molecule has 0 bridgehead atoms. The lowest BCUT2D eigenvalue weighted by Crippen LogP contribution is -2.41. The number of nitrogens with zero attached hydrogens (tertiary/aromatic N) is 3. The number of carbonyl (C=O) groups is 1. The quantitative estimate of drug-likeness (QED) is 0.862. The van der Waals surface area contributed by atoms with Crippen LogP contribution in [-0.4, -0.2) is 53.5 Å². The van der Waals surface area contributed by atoms with Crippen molar-refractivity contribution < 1.29 is 17.7 Å². The van der Waals surface area contributed by atoms with E-state index in [1.54, 1.807) is 30.0 Å². The zero-order valence-electron chi connectivity index (χ0n) is 14.1. The third-order valence-corrected chi connectivity index (χ3v) is 5.90. The maximum Gasteiger partial charge on any atom is 0.255 e. The van der Waals surface area contributed by atoms with Gasteiger partial charge in [0.1, 0.15) is 11.6 Å². The van der Waals surface area contributed by atoms with E-state index in [0.717, 1.165) is 0 Å². The number of anilines is 2. The van der Waals surface area contributed by atoms with E-state index >= 15 is 0 Å². The molecule has 1 aliphatic heterocycles. The summed E-state index contributed by atoms with van der Waals surface area (Å²) >= 11 is 0. The van der Waals surface area contributed by atoms with E-state index in [0.29, 0.717) is 35.9 Å². The predicted octanol–water partition coefficient (Wildman–Crippen LogP) is 1.77. The smallest absolute Gasteiger partial charge is 0.255 e. The van der Waals surface area contributed by atoms with Gasteiger partial charge < -0.3 is 14.7 Å². The number of rotatable bonds is 5. The van der Waals surface area contributed by atoms with Gasteiger partial charge >= 0.3 is 0 Å². The van der Waals surface area contributed by atoms with Crippen LogP contribution >= 0.6 is 0 Å². The van der Waals surface area contributed by atoms with E-state index in [1.807, 2.05) is 6.92 Å². The van der Waals surface area contributed by atoms with Crippen molar-refractivity contribution in [1.29, 1.82) is 0 Å².